The van der Waals surface area contributed by atoms with Crippen LogP contribution in [0.15, 0.2) is 0 Å². The minimum absolute atomic E-state index is 0.199. The lowest BCUT2D eigenvalue weighted by Gasteiger charge is -2.29. The van der Waals surface area contributed by atoms with Gasteiger partial charge in [-0.3, -0.25) is 0 Å². The quantitative estimate of drug-likeness (QED) is 0.541. The van der Waals surface area contributed by atoms with Crippen molar-refractivity contribution in [1.29, 1.82) is 0 Å². The average Bonchev–Trinajstić information content (AvgIpc) is 2.18. The molecule has 0 bridgehead atoms. The van der Waals surface area contributed by atoms with Gasteiger partial charge >= 0.3 is 0 Å². The highest BCUT2D eigenvalue weighted by Gasteiger charge is 2.24. The van der Waals surface area contributed by atoms with Crippen LogP contribution in [-0.2, 0) is 9.84 Å². The van der Waals surface area contributed by atoms with E-state index in [-0.39, 0.29) is 11.3 Å². The molecule has 0 radical (unpaired) electrons. The fourth-order valence-electron chi connectivity index (χ4n) is 1.13. The molecule has 0 aliphatic heterocycles. The normalized spacial score (nSPS) is 13.1. The second-order valence-corrected chi connectivity index (χ2v) is 6.61. The molecule has 15 heavy (non-hydrogen) atoms. The summed E-state index contributed by atoms with van der Waals surface area (Å²) in [4.78, 5) is 0. The highest BCUT2D eigenvalue weighted by molar-refractivity contribution is 7.90. The van der Waals surface area contributed by atoms with E-state index < -0.39 is 9.84 Å². The number of hydrogen-bond donors (Lipinski definition) is 1. The number of nitrogens with one attached hydrogen (secondary N) is 1. The van der Waals surface area contributed by atoms with Crippen LogP contribution in [0, 0.1) is 0 Å². The Labute approximate surface area is 102 Å². The molecule has 0 saturated carbocycles. The van der Waals surface area contributed by atoms with Crippen molar-refractivity contribution in [3.8, 4) is 0 Å². The van der Waals surface area contributed by atoms with Crippen molar-refractivity contribution >= 4 is 33.0 Å². The average molecular weight is 276 g/mol. The van der Waals surface area contributed by atoms with Crippen LogP contribution in [0.1, 0.15) is 19.8 Å². The van der Waals surface area contributed by atoms with Gasteiger partial charge in [-0.15, -0.1) is 23.2 Å². The molecule has 3 nitrogen and oxygen atoms in total. The van der Waals surface area contributed by atoms with Crippen LogP contribution < -0.4 is 5.32 Å². The van der Waals surface area contributed by atoms with Crippen LogP contribution in [0.25, 0.3) is 0 Å². The zero-order valence-corrected chi connectivity index (χ0v) is 11.6. The molecule has 0 rings (SSSR count). The molecule has 92 valence electrons. The fourth-order valence-corrected chi connectivity index (χ4v) is 2.65. The Kier molecular flexibility index (Phi) is 7.17. The Morgan fingerprint density at radius 3 is 2.13 bits per heavy atom. The summed E-state index contributed by atoms with van der Waals surface area (Å²) in [7, 11) is -2.87. The topological polar surface area (TPSA) is 46.2 Å². The molecule has 1 N–H and O–H groups in total. The van der Waals surface area contributed by atoms with Crippen molar-refractivity contribution in [3.05, 3.63) is 0 Å². The summed E-state index contributed by atoms with van der Waals surface area (Å²) in [6, 6.07) is 0. The first-order valence-electron chi connectivity index (χ1n) is 4.94. The summed E-state index contributed by atoms with van der Waals surface area (Å²) in [5, 5.41) is 3.23. The minimum Gasteiger partial charge on any atom is -0.309 e. The monoisotopic (exact) mass is 275 g/mol. The second kappa shape index (κ2) is 6.94. The highest BCUT2D eigenvalue weighted by Crippen LogP contribution is 2.14. The van der Waals surface area contributed by atoms with Crippen LogP contribution in [0.2, 0.25) is 0 Å². The van der Waals surface area contributed by atoms with Gasteiger partial charge in [0, 0.05) is 23.6 Å². The van der Waals surface area contributed by atoms with Crippen molar-refractivity contribution in [2.24, 2.45) is 0 Å². The summed E-state index contributed by atoms with van der Waals surface area (Å²) in [6.07, 6.45) is 2.66. The molecular formula is C9H19Cl2NO2S. The smallest absolute Gasteiger partial charge is 0.147 e. The van der Waals surface area contributed by atoms with E-state index in [9.17, 15) is 8.42 Å². The van der Waals surface area contributed by atoms with Crippen LogP contribution >= 0.6 is 23.2 Å². The van der Waals surface area contributed by atoms with Crippen molar-refractivity contribution in [2.75, 3.05) is 30.3 Å². The largest absolute Gasteiger partial charge is 0.309 e. The van der Waals surface area contributed by atoms with Crippen molar-refractivity contribution in [3.63, 3.8) is 0 Å². The molecule has 6 heteroatoms. The van der Waals surface area contributed by atoms with Gasteiger partial charge in [0.1, 0.15) is 9.84 Å². The summed E-state index contributed by atoms with van der Waals surface area (Å²) < 4.78 is 21.8. The third-order valence-electron chi connectivity index (χ3n) is 2.38. The molecule has 0 atom stereocenters. The van der Waals surface area contributed by atoms with Crippen LogP contribution in [-0.4, -0.2) is 44.3 Å². The Morgan fingerprint density at radius 1 is 1.27 bits per heavy atom. The molecule has 0 aromatic heterocycles. The van der Waals surface area contributed by atoms with E-state index in [0.717, 1.165) is 6.42 Å². The first kappa shape index (κ1) is 15.5. The maximum Gasteiger partial charge on any atom is 0.147 e. The lowest BCUT2D eigenvalue weighted by molar-refractivity contribution is 0.387. The Balaban J connectivity index is 3.92. The number of hydrogen-bond acceptors (Lipinski definition) is 3. The molecule has 0 unspecified atom stereocenters. The molecule has 0 aliphatic carbocycles. The fraction of sp³-hybridized carbons (Fsp3) is 1.00. The standard InChI is InChI=1S/C9H19Cl2NO2S/c1-3-9(7-10,8-11)12-5-4-6-15(2,13)14/h12H,3-8H2,1-2H3. The van der Waals surface area contributed by atoms with E-state index in [4.69, 9.17) is 23.2 Å². The van der Waals surface area contributed by atoms with E-state index in [1.807, 2.05) is 6.92 Å². The summed E-state index contributed by atoms with van der Waals surface area (Å²) in [5.74, 6) is 1.07. The molecule has 0 aromatic rings. The molecule has 0 amide bonds. The van der Waals surface area contributed by atoms with Gasteiger partial charge in [-0.1, -0.05) is 6.92 Å². The van der Waals surface area contributed by atoms with E-state index in [1.54, 1.807) is 0 Å². The lowest BCUT2D eigenvalue weighted by Crippen LogP contribution is -2.49. The zero-order valence-electron chi connectivity index (χ0n) is 9.22. The SMILES string of the molecule is CCC(CCl)(CCl)NCCCS(C)(=O)=O. The number of halogens is 2. The summed E-state index contributed by atoms with van der Waals surface area (Å²) in [5.41, 5.74) is -0.263. The number of alkyl halides is 2. The lowest BCUT2D eigenvalue weighted by atomic mass is 10.0. The van der Waals surface area contributed by atoms with Crippen LogP contribution in [0.5, 0.6) is 0 Å². The minimum atomic E-state index is -2.87. The summed E-state index contributed by atoms with van der Waals surface area (Å²) in [6.45, 7) is 2.63. The number of rotatable bonds is 8. The van der Waals surface area contributed by atoms with E-state index in [1.165, 1.54) is 6.26 Å². The summed E-state index contributed by atoms with van der Waals surface area (Å²) >= 11 is 11.7. The molecular weight excluding hydrogens is 257 g/mol. The van der Waals surface area contributed by atoms with Gasteiger partial charge in [0.2, 0.25) is 0 Å². The Morgan fingerprint density at radius 2 is 1.80 bits per heavy atom. The van der Waals surface area contributed by atoms with Crippen molar-refractivity contribution < 1.29 is 8.42 Å². The molecule has 0 aromatic carbocycles. The Hall–Kier alpha value is 0.490. The van der Waals surface area contributed by atoms with Gasteiger partial charge in [0.25, 0.3) is 0 Å². The molecule has 0 heterocycles. The second-order valence-electron chi connectivity index (χ2n) is 3.81. The van der Waals surface area contributed by atoms with E-state index >= 15 is 0 Å². The predicted molar refractivity (Wildman–Crippen MR) is 66.8 cm³/mol. The van der Waals surface area contributed by atoms with Crippen molar-refractivity contribution in [1.82, 2.24) is 5.32 Å². The van der Waals surface area contributed by atoms with Gasteiger partial charge in [0.15, 0.2) is 0 Å². The maximum absolute atomic E-state index is 10.9. The zero-order chi connectivity index (χ0) is 11.9. The first-order valence-corrected chi connectivity index (χ1v) is 8.07. The molecule has 0 spiro atoms. The third kappa shape index (κ3) is 6.61. The third-order valence-corrected chi connectivity index (χ3v) is 4.43. The van der Waals surface area contributed by atoms with Crippen LogP contribution in [0.3, 0.4) is 0 Å². The van der Waals surface area contributed by atoms with Gasteiger partial charge in [-0.2, -0.15) is 0 Å². The predicted octanol–water partition coefficient (Wildman–Crippen LogP) is 1.64. The molecule has 0 aliphatic rings. The van der Waals surface area contributed by atoms with Crippen LogP contribution in [0.4, 0.5) is 0 Å². The van der Waals surface area contributed by atoms with Gasteiger partial charge < -0.3 is 5.32 Å². The van der Waals surface area contributed by atoms with E-state index in [0.29, 0.717) is 24.7 Å². The van der Waals surface area contributed by atoms with E-state index in [2.05, 4.69) is 5.32 Å². The maximum atomic E-state index is 10.9. The van der Waals surface area contributed by atoms with Gasteiger partial charge in [-0.25, -0.2) is 8.42 Å². The van der Waals surface area contributed by atoms with Crippen molar-refractivity contribution in [2.45, 2.75) is 25.3 Å². The molecule has 0 saturated heterocycles. The Bertz CT molecular complexity index is 255. The van der Waals surface area contributed by atoms with Gasteiger partial charge in [-0.05, 0) is 19.4 Å². The highest BCUT2D eigenvalue weighted by atomic mass is 35.5. The molecule has 0 fully saturated rings. The number of sulfone groups is 1. The van der Waals surface area contributed by atoms with Gasteiger partial charge in [0.05, 0.1) is 5.75 Å². The first-order chi connectivity index (χ1) is 6.89.